The summed E-state index contributed by atoms with van der Waals surface area (Å²) >= 11 is 0. The highest BCUT2D eigenvalue weighted by atomic mass is 16.5. The average Bonchev–Trinajstić information content (AvgIpc) is 3.07. The SMILES string of the molecule is NCc1cccc(CNC(=O)COc2cccc3c2C(=O)N(C2CCC(=O)NC2=O)C3=O)c1. The van der Waals surface area contributed by atoms with Crippen LogP contribution in [0.15, 0.2) is 42.5 Å². The maximum absolute atomic E-state index is 13.0. The molecule has 0 bridgehead atoms. The summed E-state index contributed by atoms with van der Waals surface area (Å²) in [4.78, 5) is 62.6. The Bertz CT molecular complexity index is 1160. The van der Waals surface area contributed by atoms with Crippen LogP contribution in [0.3, 0.4) is 0 Å². The quantitative estimate of drug-likeness (QED) is 0.512. The number of hydrogen-bond donors (Lipinski definition) is 3. The van der Waals surface area contributed by atoms with Crippen LogP contribution in [-0.4, -0.2) is 47.1 Å². The Morgan fingerprint density at radius 2 is 1.85 bits per heavy atom. The first-order valence-electron chi connectivity index (χ1n) is 10.4. The van der Waals surface area contributed by atoms with Crippen LogP contribution < -0.4 is 21.1 Å². The lowest BCUT2D eigenvalue weighted by Gasteiger charge is -2.27. The largest absolute Gasteiger partial charge is 0.483 e. The standard InChI is InChI=1S/C23H22N4O6/c24-10-13-3-1-4-14(9-13)11-25-19(29)12-33-17-6-2-5-15-20(17)23(32)27(22(15)31)16-7-8-18(28)26-21(16)30/h1-6,9,16H,7-8,10-12,24H2,(H,25,29)(H,26,28,30). The molecule has 2 aromatic rings. The zero-order chi connectivity index (χ0) is 23.5. The Balaban J connectivity index is 1.43. The number of piperidine rings is 1. The number of nitrogens with zero attached hydrogens (tertiary/aromatic N) is 1. The van der Waals surface area contributed by atoms with E-state index in [-0.39, 0.29) is 42.9 Å². The van der Waals surface area contributed by atoms with Gasteiger partial charge in [-0.15, -0.1) is 0 Å². The molecule has 2 aliphatic heterocycles. The molecule has 1 unspecified atom stereocenters. The molecule has 0 aliphatic carbocycles. The Morgan fingerprint density at radius 1 is 1.09 bits per heavy atom. The number of fused-ring (bicyclic) bond motifs is 1. The van der Waals surface area contributed by atoms with Crippen LogP contribution in [0.1, 0.15) is 44.7 Å². The Labute approximate surface area is 189 Å². The fraction of sp³-hybridized carbons (Fsp3) is 0.261. The second-order valence-electron chi connectivity index (χ2n) is 7.72. The van der Waals surface area contributed by atoms with Crippen molar-refractivity contribution in [3.8, 4) is 5.75 Å². The third kappa shape index (κ3) is 4.46. The van der Waals surface area contributed by atoms with E-state index in [1.165, 1.54) is 18.2 Å². The average molecular weight is 450 g/mol. The molecule has 33 heavy (non-hydrogen) atoms. The zero-order valence-corrected chi connectivity index (χ0v) is 17.6. The van der Waals surface area contributed by atoms with Gasteiger partial charge in [-0.3, -0.25) is 34.2 Å². The first-order chi connectivity index (χ1) is 15.9. The number of benzene rings is 2. The van der Waals surface area contributed by atoms with E-state index in [9.17, 15) is 24.0 Å². The first kappa shape index (κ1) is 22.2. The minimum atomic E-state index is -1.07. The highest BCUT2D eigenvalue weighted by Gasteiger charge is 2.46. The first-order valence-corrected chi connectivity index (χ1v) is 10.4. The van der Waals surface area contributed by atoms with Crippen LogP contribution >= 0.6 is 0 Å². The van der Waals surface area contributed by atoms with Gasteiger partial charge in [0.25, 0.3) is 17.7 Å². The van der Waals surface area contributed by atoms with Crippen LogP contribution in [-0.2, 0) is 27.5 Å². The summed E-state index contributed by atoms with van der Waals surface area (Å²) < 4.78 is 5.56. The van der Waals surface area contributed by atoms with E-state index in [1.807, 2.05) is 24.3 Å². The van der Waals surface area contributed by atoms with Gasteiger partial charge in [-0.1, -0.05) is 30.3 Å². The maximum Gasteiger partial charge on any atom is 0.266 e. The number of rotatable bonds is 7. The summed E-state index contributed by atoms with van der Waals surface area (Å²) in [5.74, 6) is -2.82. The summed E-state index contributed by atoms with van der Waals surface area (Å²) in [7, 11) is 0. The van der Waals surface area contributed by atoms with Crippen molar-refractivity contribution in [2.45, 2.75) is 32.0 Å². The molecular formula is C23H22N4O6. The van der Waals surface area contributed by atoms with E-state index >= 15 is 0 Å². The summed E-state index contributed by atoms with van der Waals surface area (Å²) in [5.41, 5.74) is 7.53. The molecule has 0 aromatic heterocycles. The molecule has 0 spiro atoms. The molecule has 0 saturated carbocycles. The van der Waals surface area contributed by atoms with Crippen LogP contribution in [0.2, 0.25) is 0 Å². The third-order valence-electron chi connectivity index (χ3n) is 5.51. The van der Waals surface area contributed by atoms with E-state index in [2.05, 4.69) is 10.6 Å². The van der Waals surface area contributed by atoms with Gasteiger partial charge in [-0.05, 0) is 29.7 Å². The third-order valence-corrected chi connectivity index (χ3v) is 5.51. The lowest BCUT2D eigenvalue weighted by atomic mass is 10.0. The minimum absolute atomic E-state index is 0.00403. The Kier molecular flexibility index (Phi) is 6.18. The van der Waals surface area contributed by atoms with Gasteiger partial charge < -0.3 is 15.8 Å². The van der Waals surface area contributed by atoms with Crippen molar-refractivity contribution >= 4 is 29.5 Å². The minimum Gasteiger partial charge on any atom is -0.483 e. The van der Waals surface area contributed by atoms with Gasteiger partial charge in [-0.25, -0.2) is 0 Å². The monoisotopic (exact) mass is 450 g/mol. The van der Waals surface area contributed by atoms with Gasteiger partial charge in [0.2, 0.25) is 11.8 Å². The van der Waals surface area contributed by atoms with Gasteiger partial charge in [0.15, 0.2) is 6.61 Å². The Hall–Kier alpha value is -4.05. The number of imide groups is 2. The number of ether oxygens (including phenoxy) is 1. The number of amides is 5. The predicted octanol–water partition coefficient (Wildman–Crippen LogP) is 0.242. The molecule has 170 valence electrons. The molecular weight excluding hydrogens is 428 g/mol. The molecule has 4 N–H and O–H groups in total. The molecule has 10 nitrogen and oxygen atoms in total. The lowest BCUT2D eigenvalue weighted by molar-refractivity contribution is -0.136. The van der Waals surface area contributed by atoms with Crippen molar-refractivity contribution in [2.24, 2.45) is 5.73 Å². The second-order valence-corrected chi connectivity index (χ2v) is 7.72. The van der Waals surface area contributed by atoms with Crippen molar-refractivity contribution in [3.63, 3.8) is 0 Å². The fourth-order valence-corrected chi connectivity index (χ4v) is 3.87. The van der Waals surface area contributed by atoms with Crippen LogP contribution in [0.25, 0.3) is 0 Å². The number of carbonyl (C=O) groups is 5. The van der Waals surface area contributed by atoms with E-state index < -0.39 is 35.6 Å². The maximum atomic E-state index is 13.0. The van der Waals surface area contributed by atoms with Crippen LogP contribution in [0, 0.1) is 0 Å². The van der Waals surface area contributed by atoms with Gasteiger partial charge >= 0.3 is 0 Å². The van der Waals surface area contributed by atoms with Crippen molar-refractivity contribution in [2.75, 3.05) is 6.61 Å². The van der Waals surface area contributed by atoms with Crippen molar-refractivity contribution in [1.29, 1.82) is 0 Å². The van der Waals surface area contributed by atoms with Gasteiger partial charge in [0.1, 0.15) is 11.8 Å². The number of nitrogens with two attached hydrogens (primary N) is 1. The highest BCUT2D eigenvalue weighted by Crippen LogP contribution is 2.33. The molecule has 5 amide bonds. The van der Waals surface area contributed by atoms with Crippen molar-refractivity contribution in [3.05, 3.63) is 64.7 Å². The normalized spacial score (nSPS) is 17.6. The summed E-state index contributed by atoms with van der Waals surface area (Å²) in [5, 5.41) is 4.88. The van der Waals surface area contributed by atoms with E-state index in [4.69, 9.17) is 10.5 Å². The number of hydrogen-bond acceptors (Lipinski definition) is 7. The lowest BCUT2D eigenvalue weighted by Crippen LogP contribution is -2.54. The molecule has 1 fully saturated rings. The van der Waals surface area contributed by atoms with Gasteiger partial charge in [0.05, 0.1) is 11.1 Å². The smallest absolute Gasteiger partial charge is 0.266 e. The molecule has 0 radical (unpaired) electrons. The van der Waals surface area contributed by atoms with E-state index in [0.717, 1.165) is 16.0 Å². The zero-order valence-electron chi connectivity index (χ0n) is 17.6. The summed E-state index contributed by atoms with van der Waals surface area (Å²) in [6.07, 6.45) is 0.0849. The van der Waals surface area contributed by atoms with Crippen LogP contribution in [0.5, 0.6) is 5.75 Å². The van der Waals surface area contributed by atoms with Crippen molar-refractivity contribution in [1.82, 2.24) is 15.5 Å². The summed E-state index contributed by atoms with van der Waals surface area (Å²) in [6.45, 7) is 0.309. The topological polar surface area (TPSA) is 148 Å². The van der Waals surface area contributed by atoms with E-state index in [0.29, 0.717) is 6.54 Å². The highest BCUT2D eigenvalue weighted by molar-refractivity contribution is 6.24. The second kappa shape index (κ2) is 9.21. The van der Waals surface area contributed by atoms with Gasteiger partial charge in [-0.2, -0.15) is 0 Å². The molecule has 2 heterocycles. The van der Waals surface area contributed by atoms with Crippen molar-refractivity contribution < 1.29 is 28.7 Å². The molecule has 2 aromatic carbocycles. The summed E-state index contributed by atoms with van der Waals surface area (Å²) in [6, 6.07) is 10.9. The molecule has 1 atom stereocenters. The van der Waals surface area contributed by atoms with Crippen LogP contribution in [0.4, 0.5) is 0 Å². The molecule has 1 saturated heterocycles. The van der Waals surface area contributed by atoms with Gasteiger partial charge in [0, 0.05) is 19.5 Å². The van der Waals surface area contributed by atoms with E-state index in [1.54, 1.807) is 0 Å². The fourth-order valence-electron chi connectivity index (χ4n) is 3.87. The molecule has 2 aliphatic rings. The number of carbonyl (C=O) groups excluding carboxylic acids is 5. The Morgan fingerprint density at radius 3 is 2.61 bits per heavy atom. The molecule has 4 rings (SSSR count). The molecule has 10 heteroatoms. The number of nitrogens with one attached hydrogen (secondary N) is 2. The predicted molar refractivity (Wildman–Crippen MR) is 115 cm³/mol.